The normalized spacial score (nSPS) is 22.3. The lowest BCUT2D eigenvalue weighted by atomic mass is 9.88. The Morgan fingerprint density at radius 3 is 2.21 bits per heavy atom. The molecular formula is C32H41N5O. The van der Waals surface area contributed by atoms with E-state index in [1.165, 1.54) is 5.56 Å². The number of aromatic nitrogens is 2. The van der Waals surface area contributed by atoms with Crippen LogP contribution in [0.15, 0.2) is 79.1 Å². The van der Waals surface area contributed by atoms with Crippen LogP contribution in [-0.4, -0.2) is 71.0 Å². The number of anilines is 1. The molecule has 200 valence electrons. The molecule has 1 aliphatic carbocycles. The minimum absolute atomic E-state index is 0.128. The van der Waals surface area contributed by atoms with Crippen LogP contribution in [0.2, 0.25) is 0 Å². The molecule has 1 aromatic heterocycles. The van der Waals surface area contributed by atoms with Gasteiger partial charge in [-0.1, -0.05) is 55.5 Å². The third-order valence-electron chi connectivity index (χ3n) is 8.55. The van der Waals surface area contributed by atoms with Gasteiger partial charge in [0.25, 0.3) is 5.91 Å². The van der Waals surface area contributed by atoms with Gasteiger partial charge in [-0.15, -0.1) is 0 Å². The molecule has 0 bridgehead atoms. The molecular weight excluding hydrogens is 470 g/mol. The average molecular weight is 512 g/mol. The molecule has 3 unspecified atom stereocenters. The molecule has 6 nitrogen and oxygen atoms in total. The molecule has 0 spiro atoms. The lowest BCUT2D eigenvalue weighted by Crippen LogP contribution is -2.47. The number of hydrogen-bond acceptors (Lipinski definition) is 5. The lowest BCUT2D eigenvalue weighted by Gasteiger charge is -2.39. The fourth-order valence-electron chi connectivity index (χ4n) is 6.54. The number of hydrogen-bond donors (Lipinski definition) is 0. The summed E-state index contributed by atoms with van der Waals surface area (Å²) in [5, 5.41) is 0. The van der Waals surface area contributed by atoms with Crippen molar-refractivity contribution in [3.05, 3.63) is 90.3 Å². The summed E-state index contributed by atoms with van der Waals surface area (Å²) in [4.78, 5) is 29.4. The highest BCUT2D eigenvalue weighted by atomic mass is 16.2. The van der Waals surface area contributed by atoms with E-state index in [1.54, 1.807) is 0 Å². The molecule has 0 N–H and O–H groups in total. The first kappa shape index (κ1) is 26.4. The van der Waals surface area contributed by atoms with Crippen molar-refractivity contribution in [1.29, 1.82) is 0 Å². The van der Waals surface area contributed by atoms with Crippen molar-refractivity contribution in [2.24, 2.45) is 5.92 Å². The van der Waals surface area contributed by atoms with Gasteiger partial charge in [-0.05, 0) is 67.7 Å². The fraction of sp³-hybridized carbons (Fsp3) is 0.469. The maximum Gasteiger partial charge on any atom is 0.253 e. The number of benzene rings is 2. The fourth-order valence-corrected chi connectivity index (χ4v) is 6.54. The Labute approximate surface area is 227 Å². The van der Waals surface area contributed by atoms with Gasteiger partial charge in [0.2, 0.25) is 5.95 Å². The summed E-state index contributed by atoms with van der Waals surface area (Å²) in [5.41, 5.74) is 2.18. The number of nitrogens with zero attached hydrogens (tertiary/aromatic N) is 5. The number of carbonyl (C=O) groups is 1. The van der Waals surface area contributed by atoms with Gasteiger partial charge in [0.1, 0.15) is 0 Å². The summed E-state index contributed by atoms with van der Waals surface area (Å²) >= 11 is 0. The van der Waals surface area contributed by atoms with Crippen molar-refractivity contribution in [3.63, 3.8) is 0 Å². The molecule has 0 radical (unpaired) electrons. The van der Waals surface area contributed by atoms with Gasteiger partial charge in [-0.3, -0.25) is 4.79 Å². The lowest BCUT2D eigenvalue weighted by molar-refractivity contribution is 0.0729. The van der Waals surface area contributed by atoms with Crippen molar-refractivity contribution in [3.8, 4) is 0 Å². The first-order chi connectivity index (χ1) is 18.6. The monoisotopic (exact) mass is 511 g/mol. The number of rotatable bonds is 9. The Bertz CT molecular complexity index is 1130. The molecule has 2 aliphatic rings. The summed E-state index contributed by atoms with van der Waals surface area (Å²) in [6.07, 6.45) is 9.13. The van der Waals surface area contributed by atoms with Crippen LogP contribution in [0.5, 0.6) is 0 Å². The number of piperidine rings is 1. The number of amides is 1. The van der Waals surface area contributed by atoms with Crippen LogP contribution in [0.1, 0.15) is 60.9 Å². The van der Waals surface area contributed by atoms with Crippen LogP contribution in [0, 0.1) is 5.92 Å². The van der Waals surface area contributed by atoms with E-state index in [1.807, 2.05) is 60.7 Å². The molecule has 1 amide bonds. The molecule has 1 saturated heterocycles. The summed E-state index contributed by atoms with van der Waals surface area (Å²) < 4.78 is 0. The second kappa shape index (κ2) is 12.5. The van der Waals surface area contributed by atoms with Crippen LogP contribution in [0.4, 0.5) is 5.95 Å². The highest BCUT2D eigenvalue weighted by Gasteiger charge is 2.39. The van der Waals surface area contributed by atoms with Gasteiger partial charge in [-0.2, -0.15) is 0 Å². The van der Waals surface area contributed by atoms with E-state index in [0.29, 0.717) is 17.9 Å². The molecule has 3 atom stereocenters. The quantitative estimate of drug-likeness (QED) is 0.380. The topological polar surface area (TPSA) is 52.6 Å². The van der Waals surface area contributed by atoms with Gasteiger partial charge >= 0.3 is 0 Å². The Morgan fingerprint density at radius 1 is 0.895 bits per heavy atom. The summed E-state index contributed by atoms with van der Waals surface area (Å²) in [6.45, 7) is 6.51. The van der Waals surface area contributed by atoms with Crippen LogP contribution in [0.3, 0.4) is 0 Å². The van der Waals surface area contributed by atoms with Crippen LogP contribution in [-0.2, 0) is 0 Å². The molecule has 5 rings (SSSR count). The van der Waals surface area contributed by atoms with Crippen molar-refractivity contribution >= 4 is 11.9 Å². The van der Waals surface area contributed by atoms with Crippen LogP contribution in [0.25, 0.3) is 0 Å². The van der Waals surface area contributed by atoms with E-state index >= 15 is 0 Å². The van der Waals surface area contributed by atoms with E-state index in [-0.39, 0.29) is 11.9 Å². The Kier molecular flexibility index (Phi) is 8.69. The van der Waals surface area contributed by atoms with Crippen molar-refractivity contribution in [1.82, 2.24) is 19.8 Å². The SMILES string of the molecule is CCCN(c1ncccn1)C1CCN(CC2CC(N(C)C(=O)c3ccccc3)CC2c2ccccc2)CC1. The molecule has 2 aromatic carbocycles. The van der Waals surface area contributed by atoms with Gasteiger partial charge in [0.05, 0.1) is 0 Å². The molecule has 3 aromatic rings. The highest BCUT2D eigenvalue weighted by Crippen LogP contribution is 2.42. The summed E-state index contributed by atoms with van der Waals surface area (Å²) in [5.74, 6) is 2.00. The third kappa shape index (κ3) is 6.07. The largest absolute Gasteiger partial charge is 0.339 e. The van der Waals surface area contributed by atoms with Crippen molar-refractivity contribution in [2.45, 2.75) is 57.0 Å². The van der Waals surface area contributed by atoms with E-state index < -0.39 is 0 Å². The maximum atomic E-state index is 13.2. The van der Waals surface area contributed by atoms with Crippen molar-refractivity contribution in [2.75, 3.05) is 38.1 Å². The van der Waals surface area contributed by atoms with E-state index in [2.05, 4.69) is 57.0 Å². The molecule has 2 fully saturated rings. The summed E-state index contributed by atoms with van der Waals surface area (Å²) in [7, 11) is 1.99. The second-order valence-electron chi connectivity index (χ2n) is 11.0. The molecule has 6 heteroatoms. The molecule has 38 heavy (non-hydrogen) atoms. The summed E-state index contributed by atoms with van der Waals surface area (Å²) in [6, 6.07) is 23.3. The zero-order valence-electron chi connectivity index (χ0n) is 22.8. The predicted molar refractivity (Wildman–Crippen MR) is 153 cm³/mol. The highest BCUT2D eigenvalue weighted by molar-refractivity contribution is 5.94. The molecule has 1 saturated carbocycles. The number of likely N-dealkylation sites (tertiary alicyclic amines) is 1. The first-order valence-electron chi connectivity index (χ1n) is 14.3. The zero-order chi connectivity index (χ0) is 26.3. The molecule has 1 aliphatic heterocycles. The van der Waals surface area contributed by atoms with Crippen molar-refractivity contribution < 1.29 is 4.79 Å². The van der Waals surface area contributed by atoms with Gasteiger partial charge in [0, 0.05) is 63.3 Å². The Balaban J connectivity index is 1.25. The minimum atomic E-state index is 0.128. The number of carbonyl (C=O) groups excluding carboxylic acids is 1. The van der Waals surface area contributed by atoms with Crippen LogP contribution >= 0.6 is 0 Å². The Morgan fingerprint density at radius 2 is 1.55 bits per heavy atom. The Hall–Kier alpha value is -3.25. The predicted octanol–water partition coefficient (Wildman–Crippen LogP) is 5.49. The van der Waals surface area contributed by atoms with Gasteiger partial charge in [0.15, 0.2) is 0 Å². The minimum Gasteiger partial charge on any atom is -0.339 e. The van der Waals surface area contributed by atoms with Crippen LogP contribution < -0.4 is 4.90 Å². The average Bonchev–Trinajstić information content (AvgIpc) is 3.40. The zero-order valence-corrected chi connectivity index (χ0v) is 22.8. The second-order valence-corrected chi connectivity index (χ2v) is 11.0. The van der Waals surface area contributed by atoms with E-state index in [4.69, 9.17) is 0 Å². The third-order valence-corrected chi connectivity index (χ3v) is 8.55. The van der Waals surface area contributed by atoms with Gasteiger partial charge in [-0.25, -0.2) is 9.97 Å². The maximum absolute atomic E-state index is 13.2. The van der Waals surface area contributed by atoms with E-state index in [0.717, 1.165) is 69.8 Å². The smallest absolute Gasteiger partial charge is 0.253 e. The van der Waals surface area contributed by atoms with Gasteiger partial charge < -0.3 is 14.7 Å². The van der Waals surface area contributed by atoms with E-state index in [9.17, 15) is 4.79 Å². The molecule has 2 heterocycles. The standard InChI is InChI=1S/C32H41N5O/c1-3-19-37(32-33-17-10-18-34-32)28-15-20-36(21-16-28)24-27-22-29(23-30(27)25-11-6-4-7-12-25)35(2)31(38)26-13-8-5-9-14-26/h4-14,17-18,27-30H,3,15-16,19-24H2,1-2H3. The first-order valence-corrected chi connectivity index (χ1v) is 14.3.